The lowest BCUT2D eigenvalue weighted by molar-refractivity contribution is -0.142. The van der Waals surface area contributed by atoms with Crippen molar-refractivity contribution in [1.29, 1.82) is 0 Å². The Morgan fingerprint density at radius 3 is 2.57 bits per heavy atom. The number of carboxylic acid groups (broad SMARTS) is 1. The topological polar surface area (TPSA) is 153 Å². The van der Waals surface area contributed by atoms with Gasteiger partial charge in [0.15, 0.2) is 6.61 Å². The summed E-state index contributed by atoms with van der Waals surface area (Å²) in [5, 5.41) is 31.7. The molecule has 0 aliphatic heterocycles. The lowest BCUT2D eigenvalue weighted by atomic mass is 9.46. The van der Waals surface area contributed by atoms with Crippen LogP contribution in [-0.4, -0.2) is 63.0 Å². The van der Waals surface area contributed by atoms with Crippen molar-refractivity contribution in [3.8, 4) is 12.3 Å². The summed E-state index contributed by atoms with van der Waals surface area (Å²) in [5.41, 5.74) is 2.70. The van der Waals surface area contributed by atoms with Gasteiger partial charge in [-0.25, -0.2) is 4.79 Å². The zero-order chi connectivity index (χ0) is 35.1. The van der Waals surface area contributed by atoms with Crippen LogP contribution in [0.1, 0.15) is 84.6 Å². The van der Waals surface area contributed by atoms with Crippen molar-refractivity contribution < 1.29 is 29.4 Å². The third-order valence-corrected chi connectivity index (χ3v) is 12.7. The van der Waals surface area contributed by atoms with Gasteiger partial charge in [0.2, 0.25) is 5.91 Å². The van der Waals surface area contributed by atoms with Crippen LogP contribution in [0.5, 0.6) is 0 Å². The summed E-state index contributed by atoms with van der Waals surface area (Å²) in [5.74, 6) is 1.76. The van der Waals surface area contributed by atoms with Gasteiger partial charge in [-0.1, -0.05) is 62.5 Å². The van der Waals surface area contributed by atoms with Crippen LogP contribution in [0, 0.1) is 46.8 Å². The van der Waals surface area contributed by atoms with Gasteiger partial charge in [-0.2, -0.15) is 0 Å². The van der Waals surface area contributed by atoms with E-state index in [-0.39, 0.29) is 29.8 Å². The molecule has 4 aliphatic rings. The summed E-state index contributed by atoms with van der Waals surface area (Å²) in [6.07, 6.45) is 17.3. The summed E-state index contributed by atoms with van der Waals surface area (Å²) in [7, 11) is 0. The number of nitrogens with zero attached hydrogens (tertiary/aromatic N) is 1. The van der Waals surface area contributed by atoms with Crippen molar-refractivity contribution in [3.63, 3.8) is 0 Å². The first-order valence-electron chi connectivity index (χ1n) is 17.8. The molecule has 10 heteroatoms. The Labute approximate surface area is 288 Å². The molecule has 8 atom stereocenters. The highest BCUT2D eigenvalue weighted by atomic mass is 16.6. The molecule has 0 spiro atoms. The highest BCUT2D eigenvalue weighted by Crippen LogP contribution is 2.67. The molecule has 1 aromatic heterocycles. The molecule has 10 nitrogen and oxygen atoms in total. The summed E-state index contributed by atoms with van der Waals surface area (Å²) in [6.45, 7) is 7.81. The molecule has 3 saturated carbocycles. The zero-order valence-electron chi connectivity index (χ0n) is 29.1. The van der Waals surface area contributed by atoms with Gasteiger partial charge in [0, 0.05) is 28.9 Å². The number of aromatic nitrogens is 1. The van der Waals surface area contributed by atoms with Crippen molar-refractivity contribution in [2.45, 2.75) is 103 Å². The van der Waals surface area contributed by atoms with Gasteiger partial charge in [-0.05, 0) is 98.2 Å². The number of carbonyl (C=O) groups is 3. The third-order valence-electron chi connectivity index (χ3n) is 12.7. The van der Waals surface area contributed by atoms with Crippen LogP contribution in [0.2, 0.25) is 0 Å². The Kier molecular flexibility index (Phi) is 9.44. The van der Waals surface area contributed by atoms with Gasteiger partial charge in [0.1, 0.15) is 17.7 Å². The predicted octanol–water partition coefficient (Wildman–Crippen LogP) is 5.12. The number of H-pyrrole nitrogens is 1. The lowest BCUT2D eigenvalue weighted by Gasteiger charge is -2.58. The van der Waals surface area contributed by atoms with Crippen LogP contribution >= 0.6 is 0 Å². The Bertz CT molecular complexity index is 1720. The van der Waals surface area contributed by atoms with Crippen LogP contribution in [-0.2, 0) is 25.6 Å². The fourth-order valence-corrected chi connectivity index (χ4v) is 9.80. The first kappa shape index (κ1) is 34.8. The number of nitrogens with one attached hydrogen (secondary N) is 3. The third kappa shape index (κ3) is 6.27. The number of aliphatic hydroxyl groups is 1. The number of carbonyl (C=O) groups excluding carboxylic acids is 2. The number of amides is 2. The summed E-state index contributed by atoms with van der Waals surface area (Å²) >= 11 is 0. The van der Waals surface area contributed by atoms with Crippen LogP contribution in [0.4, 0.5) is 0 Å². The second-order valence-corrected chi connectivity index (χ2v) is 15.6. The summed E-state index contributed by atoms with van der Waals surface area (Å²) < 4.78 is 0. The second-order valence-electron chi connectivity index (χ2n) is 15.6. The van der Waals surface area contributed by atoms with Crippen LogP contribution in [0.15, 0.2) is 47.3 Å². The average molecular weight is 671 g/mol. The van der Waals surface area contributed by atoms with E-state index in [9.17, 15) is 24.6 Å². The maximum Gasteiger partial charge on any atom is 0.326 e. The van der Waals surface area contributed by atoms with E-state index in [1.54, 1.807) is 20.0 Å². The molecule has 262 valence electrons. The number of fused-ring (bicyclic) bond motifs is 6. The largest absolute Gasteiger partial charge is 0.480 e. The molecule has 2 aromatic rings. The fraction of sp³-hybridized carbons (Fsp3) is 0.590. The molecular weight excluding hydrogens is 620 g/mol. The molecule has 1 heterocycles. The normalized spacial score (nSPS) is 32.6. The van der Waals surface area contributed by atoms with E-state index >= 15 is 0 Å². The average Bonchev–Trinajstić information content (AvgIpc) is 3.60. The number of carboxylic acids is 1. The van der Waals surface area contributed by atoms with Gasteiger partial charge in [-0.15, -0.1) is 6.42 Å². The van der Waals surface area contributed by atoms with Crippen molar-refractivity contribution >= 4 is 34.4 Å². The maximum atomic E-state index is 13.2. The van der Waals surface area contributed by atoms with Crippen molar-refractivity contribution in [1.82, 2.24) is 15.6 Å². The number of aromatic amines is 1. The van der Waals surface area contributed by atoms with Crippen molar-refractivity contribution in [2.75, 3.05) is 6.61 Å². The molecule has 49 heavy (non-hydrogen) atoms. The number of terminal acetylenes is 1. The number of benzene rings is 1. The summed E-state index contributed by atoms with van der Waals surface area (Å²) in [6, 6.07) is 5.45. The minimum absolute atomic E-state index is 0.0668. The SMILES string of the molecule is C#C[C@@]1(O)CC[C@@H]2[C@@H]3CCC4=C/C(=N/OCC(=O)N[C@H](C(=O)N[C@H](Cc5c[nH]c6ccccc56)C(=O)O)C(C)C)CC[C@]4(C)[C@@H]3CC[C@@]21C. The van der Waals surface area contributed by atoms with Crippen molar-refractivity contribution in [3.05, 3.63) is 47.7 Å². The van der Waals surface area contributed by atoms with Gasteiger partial charge >= 0.3 is 5.97 Å². The van der Waals surface area contributed by atoms with Gasteiger partial charge < -0.3 is 30.7 Å². The molecule has 5 N–H and O–H groups in total. The minimum atomic E-state index is -1.17. The number of para-hydroxylation sites is 1. The maximum absolute atomic E-state index is 13.2. The smallest absolute Gasteiger partial charge is 0.326 e. The van der Waals surface area contributed by atoms with E-state index in [2.05, 4.69) is 46.6 Å². The zero-order valence-corrected chi connectivity index (χ0v) is 29.1. The molecule has 3 fully saturated rings. The van der Waals surface area contributed by atoms with Gasteiger partial charge in [0.05, 0.1) is 5.71 Å². The first-order valence-corrected chi connectivity index (χ1v) is 17.8. The van der Waals surface area contributed by atoms with E-state index in [0.717, 1.165) is 67.1 Å². The number of allylic oxidation sites excluding steroid dienone is 2. The number of hydrogen-bond acceptors (Lipinski definition) is 6. The van der Waals surface area contributed by atoms with Gasteiger partial charge in [0.25, 0.3) is 5.91 Å². The molecule has 0 unspecified atom stereocenters. The predicted molar refractivity (Wildman–Crippen MR) is 187 cm³/mol. The molecule has 0 radical (unpaired) electrons. The molecule has 2 amide bonds. The first-order chi connectivity index (χ1) is 23.3. The van der Waals surface area contributed by atoms with Gasteiger partial charge in [-0.3, -0.25) is 9.59 Å². The molecule has 4 aliphatic carbocycles. The highest BCUT2D eigenvalue weighted by molar-refractivity contribution is 5.96. The fourth-order valence-electron chi connectivity index (χ4n) is 9.80. The number of aliphatic carboxylic acids is 1. The van der Waals surface area contributed by atoms with E-state index < -0.39 is 35.5 Å². The molecule has 1 aromatic carbocycles. The minimum Gasteiger partial charge on any atom is -0.480 e. The number of oxime groups is 1. The van der Waals surface area contributed by atoms with Crippen LogP contribution in [0.3, 0.4) is 0 Å². The lowest BCUT2D eigenvalue weighted by Crippen LogP contribution is -2.54. The highest BCUT2D eigenvalue weighted by Gasteiger charge is 2.63. The molecule has 6 rings (SSSR count). The number of rotatable bonds is 10. The molecular formula is C39H50N4O6. The second kappa shape index (κ2) is 13.3. The Hall–Kier alpha value is -4.10. The Balaban J connectivity index is 1.04. The standard InChI is InChI=1S/C39H50N4O6/c1-6-39(48)18-15-30-28-12-11-25-20-26(13-16-37(25,4)29(28)14-17-38(30,39)5)43-49-22-33(44)42-34(23(2)3)35(45)41-32(36(46)47)19-24-21-40-31-10-8-7-9-27(24)31/h1,7-10,20-21,23,28-30,32,34,40,48H,11-19,22H2,2-5H3,(H,41,45)(H,42,44)(H,46,47)/b43-26+/t28-,29-,30-,32-,34+,37+,38+,39-/m1/s1. The Morgan fingerprint density at radius 2 is 1.84 bits per heavy atom. The quantitative estimate of drug-likeness (QED) is 0.175. The Morgan fingerprint density at radius 1 is 1.08 bits per heavy atom. The number of hydrogen-bond donors (Lipinski definition) is 5. The van der Waals surface area contributed by atoms with Crippen molar-refractivity contribution in [2.24, 2.45) is 39.7 Å². The molecule has 0 bridgehead atoms. The van der Waals surface area contributed by atoms with E-state index in [4.69, 9.17) is 11.3 Å². The van der Waals surface area contributed by atoms with E-state index in [1.165, 1.54) is 5.57 Å². The van der Waals surface area contributed by atoms with Crippen LogP contribution in [0.25, 0.3) is 10.9 Å². The monoisotopic (exact) mass is 670 g/mol. The molecule has 0 saturated heterocycles. The van der Waals surface area contributed by atoms with Crippen LogP contribution < -0.4 is 10.6 Å². The summed E-state index contributed by atoms with van der Waals surface area (Å²) in [4.78, 5) is 46.9. The van der Waals surface area contributed by atoms with E-state index in [1.807, 2.05) is 24.3 Å². The van der Waals surface area contributed by atoms with E-state index in [0.29, 0.717) is 24.2 Å².